The molecule has 1 N–H and O–H groups in total. The first-order valence-corrected chi connectivity index (χ1v) is 5.57. The Morgan fingerprint density at radius 3 is 3.00 bits per heavy atom. The number of hydrogen-bond donors (Lipinski definition) is 1. The molecule has 16 heavy (non-hydrogen) atoms. The van der Waals surface area contributed by atoms with Gasteiger partial charge in [-0.15, -0.1) is 0 Å². The summed E-state index contributed by atoms with van der Waals surface area (Å²) >= 11 is 0. The first-order valence-electron chi connectivity index (χ1n) is 5.57. The van der Waals surface area contributed by atoms with Crippen molar-refractivity contribution >= 4 is 0 Å². The average Bonchev–Trinajstić information content (AvgIpc) is 2.27. The monoisotopic (exact) mass is 224 g/mol. The molecular weight excluding hydrogens is 204 g/mol. The molecule has 0 aromatic carbocycles. The Labute approximate surface area is 97.0 Å². The molecule has 0 radical (unpaired) electrons. The van der Waals surface area contributed by atoms with E-state index in [2.05, 4.69) is 17.2 Å². The second-order valence-corrected chi connectivity index (χ2v) is 3.67. The van der Waals surface area contributed by atoms with Gasteiger partial charge in [-0.2, -0.15) is 0 Å². The van der Waals surface area contributed by atoms with Gasteiger partial charge >= 0.3 is 0 Å². The zero-order valence-electron chi connectivity index (χ0n) is 10.2. The number of hydrogen-bond acceptors (Lipinski definition) is 4. The average molecular weight is 224 g/mol. The van der Waals surface area contributed by atoms with E-state index in [1.807, 2.05) is 19.1 Å². The SMILES string of the molecule is CCNCc1ccnc(OC(C)COC)c1. The molecule has 1 aromatic rings. The van der Waals surface area contributed by atoms with Crippen molar-refractivity contribution < 1.29 is 9.47 Å². The molecule has 4 nitrogen and oxygen atoms in total. The van der Waals surface area contributed by atoms with Gasteiger partial charge in [0, 0.05) is 25.9 Å². The third-order valence-corrected chi connectivity index (χ3v) is 2.10. The number of nitrogens with one attached hydrogen (secondary N) is 1. The van der Waals surface area contributed by atoms with E-state index in [4.69, 9.17) is 9.47 Å². The van der Waals surface area contributed by atoms with Crippen LogP contribution in [0.4, 0.5) is 0 Å². The maximum atomic E-state index is 5.61. The molecule has 0 spiro atoms. The van der Waals surface area contributed by atoms with Gasteiger partial charge < -0.3 is 14.8 Å². The van der Waals surface area contributed by atoms with E-state index in [1.165, 1.54) is 5.56 Å². The molecule has 0 bridgehead atoms. The van der Waals surface area contributed by atoms with Crippen molar-refractivity contribution in [1.82, 2.24) is 10.3 Å². The highest BCUT2D eigenvalue weighted by Gasteiger charge is 2.04. The highest BCUT2D eigenvalue weighted by atomic mass is 16.5. The van der Waals surface area contributed by atoms with Crippen LogP contribution in [0.3, 0.4) is 0 Å². The molecule has 1 atom stereocenters. The van der Waals surface area contributed by atoms with Crippen molar-refractivity contribution in [3.05, 3.63) is 23.9 Å². The number of pyridine rings is 1. The zero-order valence-corrected chi connectivity index (χ0v) is 10.2. The van der Waals surface area contributed by atoms with E-state index in [0.29, 0.717) is 12.5 Å². The lowest BCUT2D eigenvalue weighted by Gasteiger charge is -2.13. The minimum Gasteiger partial charge on any atom is -0.472 e. The summed E-state index contributed by atoms with van der Waals surface area (Å²) in [6, 6.07) is 3.94. The summed E-state index contributed by atoms with van der Waals surface area (Å²) in [5, 5.41) is 3.26. The maximum Gasteiger partial charge on any atom is 0.213 e. The van der Waals surface area contributed by atoms with Crippen LogP contribution in [-0.2, 0) is 11.3 Å². The fraction of sp³-hybridized carbons (Fsp3) is 0.583. The van der Waals surface area contributed by atoms with Gasteiger partial charge in [0.2, 0.25) is 5.88 Å². The highest BCUT2D eigenvalue weighted by molar-refractivity contribution is 5.20. The van der Waals surface area contributed by atoms with Crippen molar-refractivity contribution in [2.45, 2.75) is 26.5 Å². The summed E-state index contributed by atoms with van der Waals surface area (Å²) in [5.74, 6) is 0.653. The van der Waals surface area contributed by atoms with Gasteiger partial charge in [0.25, 0.3) is 0 Å². The molecule has 1 heterocycles. The lowest BCUT2D eigenvalue weighted by atomic mass is 10.2. The van der Waals surface area contributed by atoms with E-state index in [9.17, 15) is 0 Å². The van der Waals surface area contributed by atoms with Crippen LogP contribution in [0.25, 0.3) is 0 Å². The van der Waals surface area contributed by atoms with E-state index in [1.54, 1.807) is 13.3 Å². The molecule has 0 amide bonds. The van der Waals surface area contributed by atoms with Gasteiger partial charge in [-0.1, -0.05) is 6.92 Å². The molecule has 0 aliphatic heterocycles. The number of nitrogens with zero attached hydrogens (tertiary/aromatic N) is 1. The molecule has 1 rings (SSSR count). The smallest absolute Gasteiger partial charge is 0.213 e. The predicted octanol–water partition coefficient (Wildman–Crippen LogP) is 1.60. The van der Waals surface area contributed by atoms with Crippen molar-refractivity contribution in [2.75, 3.05) is 20.3 Å². The summed E-state index contributed by atoms with van der Waals surface area (Å²) in [4.78, 5) is 4.16. The van der Waals surface area contributed by atoms with Crippen molar-refractivity contribution in [3.8, 4) is 5.88 Å². The normalized spacial score (nSPS) is 12.4. The number of methoxy groups -OCH3 is 1. The minimum absolute atomic E-state index is 0.0203. The minimum atomic E-state index is 0.0203. The van der Waals surface area contributed by atoms with E-state index >= 15 is 0 Å². The standard InChI is InChI=1S/C12H20N2O2/c1-4-13-8-11-5-6-14-12(7-11)16-10(2)9-15-3/h5-7,10,13H,4,8-9H2,1-3H3. The summed E-state index contributed by atoms with van der Waals surface area (Å²) in [7, 11) is 1.66. The van der Waals surface area contributed by atoms with E-state index in [0.717, 1.165) is 13.1 Å². The van der Waals surface area contributed by atoms with Crippen LogP contribution in [-0.4, -0.2) is 31.3 Å². The van der Waals surface area contributed by atoms with Crippen LogP contribution in [0.1, 0.15) is 19.4 Å². The third-order valence-electron chi connectivity index (χ3n) is 2.10. The Bertz CT molecular complexity index is 305. The van der Waals surface area contributed by atoms with E-state index < -0.39 is 0 Å². The third kappa shape index (κ3) is 4.59. The molecule has 1 unspecified atom stereocenters. The Hall–Kier alpha value is -1.13. The van der Waals surface area contributed by atoms with Crippen LogP contribution in [0, 0.1) is 0 Å². The van der Waals surface area contributed by atoms with Crippen molar-refractivity contribution in [1.29, 1.82) is 0 Å². The number of aromatic nitrogens is 1. The van der Waals surface area contributed by atoms with Gasteiger partial charge in [0.05, 0.1) is 6.61 Å². The molecular formula is C12H20N2O2. The fourth-order valence-electron chi connectivity index (χ4n) is 1.37. The van der Waals surface area contributed by atoms with Crippen molar-refractivity contribution in [2.24, 2.45) is 0 Å². The van der Waals surface area contributed by atoms with Crippen LogP contribution < -0.4 is 10.1 Å². The molecule has 0 saturated heterocycles. The van der Waals surface area contributed by atoms with E-state index in [-0.39, 0.29) is 6.10 Å². The largest absolute Gasteiger partial charge is 0.472 e. The van der Waals surface area contributed by atoms with Gasteiger partial charge in [0.15, 0.2) is 0 Å². The quantitative estimate of drug-likeness (QED) is 0.764. The zero-order chi connectivity index (χ0) is 11.8. The summed E-state index contributed by atoms with van der Waals surface area (Å²) < 4.78 is 10.6. The Morgan fingerprint density at radius 1 is 1.50 bits per heavy atom. The molecule has 4 heteroatoms. The van der Waals surface area contributed by atoms with Crippen LogP contribution >= 0.6 is 0 Å². The first kappa shape index (κ1) is 12.9. The summed E-state index contributed by atoms with van der Waals surface area (Å²) in [6.45, 7) is 6.41. The Morgan fingerprint density at radius 2 is 2.31 bits per heavy atom. The molecule has 0 aliphatic carbocycles. The summed E-state index contributed by atoms with van der Waals surface area (Å²) in [5.41, 5.74) is 1.18. The van der Waals surface area contributed by atoms with Crippen LogP contribution in [0.2, 0.25) is 0 Å². The molecule has 0 aliphatic rings. The lowest BCUT2D eigenvalue weighted by Crippen LogP contribution is -2.19. The lowest BCUT2D eigenvalue weighted by molar-refractivity contribution is 0.0889. The molecule has 1 aromatic heterocycles. The fourth-order valence-corrected chi connectivity index (χ4v) is 1.37. The number of rotatable bonds is 7. The van der Waals surface area contributed by atoms with Gasteiger partial charge in [0.1, 0.15) is 6.10 Å². The Balaban J connectivity index is 2.52. The highest BCUT2D eigenvalue weighted by Crippen LogP contribution is 2.11. The van der Waals surface area contributed by atoms with Gasteiger partial charge in [-0.05, 0) is 25.1 Å². The second kappa shape index (κ2) is 7.19. The Kier molecular flexibility index (Phi) is 5.82. The van der Waals surface area contributed by atoms with Crippen molar-refractivity contribution in [3.63, 3.8) is 0 Å². The maximum absolute atomic E-state index is 5.61. The van der Waals surface area contributed by atoms with Gasteiger partial charge in [-0.3, -0.25) is 0 Å². The number of ether oxygens (including phenoxy) is 2. The van der Waals surface area contributed by atoms with Crippen LogP contribution in [0.15, 0.2) is 18.3 Å². The van der Waals surface area contributed by atoms with Crippen LogP contribution in [0.5, 0.6) is 5.88 Å². The molecule has 90 valence electrons. The molecule has 0 fully saturated rings. The molecule has 0 saturated carbocycles. The second-order valence-electron chi connectivity index (χ2n) is 3.67. The van der Waals surface area contributed by atoms with Gasteiger partial charge in [-0.25, -0.2) is 4.98 Å². The summed E-state index contributed by atoms with van der Waals surface area (Å²) in [6.07, 6.45) is 1.79. The predicted molar refractivity (Wildman–Crippen MR) is 63.6 cm³/mol. The first-order chi connectivity index (χ1) is 7.76. The topological polar surface area (TPSA) is 43.4 Å².